The molecule has 0 heterocycles. The Morgan fingerprint density at radius 1 is 1.71 bits per heavy atom. The molecule has 0 fully saturated rings. The normalized spacial score (nSPS) is 8.86. The Morgan fingerprint density at radius 3 is 2.14 bits per heavy atom. The average Bonchev–Trinajstić information content (AvgIpc) is 1.27. The van der Waals surface area contributed by atoms with Gasteiger partial charge in [-0.05, 0) is 0 Å². The minimum absolute atomic E-state index is 0.158. The summed E-state index contributed by atoms with van der Waals surface area (Å²) in [6.07, 6.45) is 0. The van der Waals surface area contributed by atoms with E-state index in [9.17, 15) is 4.79 Å². The molecule has 1 amide bonds. The number of carbonyl (C=O) groups is 1. The van der Waals surface area contributed by atoms with Crippen LogP contribution in [0.2, 0.25) is 0 Å². The summed E-state index contributed by atoms with van der Waals surface area (Å²) in [5.41, 5.74) is 0. The molecule has 0 aromatic heterocycles. The van der Waals surface area contributed by atoms with Crippen molar-refractivity contribution in [2.24, 2.45) is 0 Å². The van der Waals surface area contributed by atoms with Gasteiger partial charge in [-0.1, -0.05) is 0 Å². The van der Waals surface area contributed by atoms with E-state index >= 15 is 0 Å². The second kappa shape index (κ2) is 3.89. The van der Waals surface area contributed by atoms with E-state index < -0.39 is 0 Å². The Hall–Kier alpha value is 0.951. The molecule has 0 aliphatic carbocycles. The first-order chi connectivity index (χ1) is 3.13. The van der Waals surface area contributed by atoms with E-state index in [1.807, 2.05) is 13.8 Å². The summed E-state index contributed by atoms with van der Waals surface area (Å²) in [5, 5.41) is 2.76. The Kier molecular flexibility index (Phi) is 4.42. The number of rotatable bonds is 1. The summed E-state index contributed by atoms with van der Waals surface area (Å²) in [5.74, 6) is 0. The van der Waals surface area contributed by atoms with Crippen molar-refractivity contribution in [2.75, 3.05) is 0 Å². The monoisotopic (exact) mass is 175 g/mol. The molecule has 0 atom stereocenters. The third kappa shape index (κ3) is 6.95. The van der Waals surface area contributed by atoms with Crippen LogP contribution in [0.5, 0.6) is 0 Å². The van der Waals surface area contributed by atoms with Crippen molar-refractivity contribution in [2.45, 2.75) is 19.9 Å². The summed E-state index contributed by atoms with van der Waals surface area (Å²) in [6, 6.07) is 0.328. The summed E-state index contributed by atoms with van der Waals surface area (Å²) in [4.78, 5) is 10.2. The molecule has 0 saturated carbocycles. The van der Waals surface area contributed by atoms with Crippen LogP contribution in [0.3, 0.4) is 0 Å². The van der Waals surface area contributed by atoms with E-state index in [0.29, 0.717) is 6.04 Å². The summed E-state index contributed by atoms with van der Waals surface area (Å²) in [6.45, 7) is 3.93. The van der Waals surface area contributed by atoms with Gasteiger partial charge in [0.2, 0.25) is 0 Å². The third-order valence-corrected chi connectivity index (χ3v) is 1.20. The predicted molar refractivity (Wildman–Crippen MR) is 30.8 cm³/mol. The number of hydrogen-bond acceptors (Lipinski definition) is 1. The molecule has 0 aliphatic heterocycles. The van der Waals surface area contributed by atoms with Crippen molar-refractivity contribution in [1.82, 2.24) is 5.32 Å². The molecule has 1 N–H and O–H groups in total. The van der Waals surface area contributed by atoms with Gasteiger partial charge in [0.1, 0.15) is 0 Å². The molecule has 0 unspecified atom stereocenters. The molecule has 0 aliphatic rings. The molecule has 2 nitrogen and oxygen atoms in total. The number of nitrogens with one attached hydrogen (secondary N) is 1. The van der Waals surface area contributed by atoms with Crippen LogP contribution < -0.4 is 5.32 Å². The van der Waals surface area contributed by atoms with E-state index in [1.54, 1.807) is 0 Å². The van der Waals surface area contributed by atoms with E-state index in [4.69, 9.17) is 0 Å². The van der Waals surface area contributed by atoms with E-state index in [2.05, 4.69) is 5.32 Å². The fourth-order valence-corrected chi connectivity index (χ4v) is 1.83. The summed E-state index contributed by atoms with van der Waals surface area (Å²) < 4.78 is 0.247. The molecule has 0 saturated heterocycles. The zero-order valence-electron chi connectivity index (χ0n) is 4.99. The van der Waals surface area contributed by atoms with Crippen molar-refractivity contribution >= 4 is 44.1 Å². The van der Waals surface area contributed by atoms with Crippen LogP contribution in [0.1, 0.15) is 13.8 Å². The van der Waals surface area contributed by atoms with Crippen molar-refractivity contribution in [3.05, 3.63) is 0 Å². The van der Waals surface area contributed by atoms with Crippen molar-refractivity contribution in [3.63, 3.8) is 0 Å². The van der Waals surface area contributed by atoms with Gasteiger partial charge in [-0.25, -0.2) is 0 Å². The maximum absolute atomic E-state index is 10.2. The molecular weight excluding hydrogens is 166 g/mol. The topological polar surface area (TPSA) is 29.1 Å². The van der Waals surface area contributed by atoms with Crippen molar-refractivity contribution in [3.8, 4) is 0 Å². The fraction of sp³-hybridized carbons (Fsp3) is 0.750. The molecule has 3 heteroatoms. The van der Waals surface area contributed by atoms with Crippen LogP contribution in [0.25, 0.3) is 0 Å². The molecule has 0 spiro atoms. The second-order valence-electron chi connectivity index (χ2n) is 1.86. The van der Waals surface area contributed by atoms with Gasteiger partial charge in [-0.15, -0.1) is 0 Å². The van der Waals surface area contributed by atoms with Crippen molar-refractivity contribution in [1.29, 1.82) is 0 Å². The van der Waals surface area contributed by atoms with Gasteiger partial charge in [0.25, 0.3) is 0 Å². The van der Waals surface area contributed by atoms with E-state index in [0.717, 1.165) is 0 Å². The van der Waals surface area contributed by atoms with Gasteiger partial charge in [0.05, 0.1) is 0 Å². The van der Waals surface area contributed by atoms with Crippen LogP contribution >= 0.6 is 0 Å². The number of amides is 1. The summed E-state index contributed by atoms with van der Waals surface area (Å²) in [7, 11) is 0. The standard InChI is InChI=1S/C4H8NO.Sr.H/c1-4(2)5-3-6;;/h4H,1-2H3,(H,5,6);;. The zero-order chi connectivity index (χ0) is 5.86. The molecule has 0 aromatic carbocycles. The Bertz CT molecular complexity index is 72.1. The molecule has 0 rings (SSSR count). The molecule has 0 bridgehead atoms. The zero-order valence-corrected chi connectivity index (χ0v) is 9.90. The SMILES string of the molecule is CC(C)N[C](=O)[SrH]. The molecular formula is C4H9NOSr. The van der Waals surface area contributed by atoms with Crippen LogP contribution in [-0.2, 0) is 0 Å². The fourth-order valence-electron chi connectivity index (χ4n) is 0.407. The van der Waals surface area contributed by atoms with Gasteiger partial charge in [0.15, 0.2) is 0 Å². The second-order valence-corrected chi connectivity index (χ2v) is 4.09. The minimum atomic E-state index is 0.158. The Labute approximate surface area is 73.2 Å². The van der Waals surface area contributed by atoms with Gasteiger partial charge in [0, 0.05) is 0 Å². The first kappa shape index (κ1) is 7.95. The molecule has 7 heavy (non-hydrogen) atoms. The van der Waals surface area contributed by atoms with Gasteiger partial charge < -0.3 is 0 Å². The maximum atomic E-state index is 10.2. The summed E-state index contributed by atoms with van der Waals surface area (Å²) >= 11 is 0.158. The molecule has 0 radical (unpaired) electrons. The quantitative estimate of drug-likeness (QED) is 0.558. The van der Waals surface area contributed by atoms with Crippen LogP contribution in [0.4, 0.5) is 4.79 Å². The number of hydrogen-bond donors (Lipinski definition) is 1. The van der Waals surface area contributed by atoms with E-state index in [1.165, 1.54) is 0 Å². The van der Waals surface area contributed by atoms with Crippen molar-refractivity contribution < 1.29 is 4.79 Å². The Morgan fingerprint density at radius 2 is 2.14 bits per heavy atom. The Balaban J connectivity index is 3.13. The third-order valence-electron chi connectivity index (χ3n) is 0.492. The molecule has 0 aromatic rings. The van der Waals surface area contributed by atoms with Gasteiger partial charge in [-0.2, -0.15) is 0 Å². The van der Waals surface area contributed by atoms with Gasteiger partial charge >= 0.3 is 74.1 Å². The molecule has 38 valence electrons. The predicted octanol–water partition coefficient (Wildman–Crippen LogP) is 0.00520. The van der Waals surface area contributed by atoms with E-state index in [-0.39, 0.29) is 44.1 Å². The van der Waals surface area contributed by atoms with Crippen LogP contribution in [-0.4, -0.2) is 50.2 Å². The average molecular weight is 175 g/mol. The first-order valence-electron chi connectivity index (χ1n) is 2.40. The first-order valence-corrected chi connectivity index (χ1v) is 4.86. The number of carbonyl (C=O) groups excluding carboxylic acids is 1. The van der Waals surface area contributed by atoms with Crippen LogP contribution in [0.15, 0.2) is 0 Å². The van der Waals surface area contributed by atoms with Gasteiger partial charge in [-0.3, -0.25) is 0 Å². The van der Waals surface area contributed by atoms with Crippen LogP contribution in [0, 0.1) is 0 Å².